The number of carbonyl (C=O) groups is 1. The van der Waals surface area contributed by atoms with Crippen LogP contribution in [0.2, 0.25) is 5.02 Å². The van der Waals surface area contributed by atoms with Crippen LogP contribution < -0.4 is 10.7 Å². The standard InChI is InChI=1S/C15H12ClFN4O2/c1-7-13-12(22)6-11(19-14(13)21(2)20-7)15(23)18-8-3-4-10(17)9(16)5-8/h3-6H,1-2H3,(H,18,23)(H,19,22). The Morgan fingerprint density at radius 3 is 2.83 bits per heavy atom. The minimum Gasteiger partial charge on any atom is -0.335 e. The van der Waals surface area contributed by atoms with Crippen LogP contribution in [0, 0.1) is 12.7 Å². The van der Waals surface area contributed by atoms with Gasteiger partial charge in [0.25, 0.3) is 5.91 Å². The molecule has 1 amide bonds. The number of benzene rings is 1. The average Bonchev–Trinajstić information content (AvgIpc) is 2.78. The quantitative estimate of drug-likeness (QED) is 0.756. The number of aromatic amines is 1. The maximum absolute atomic E-state index is 13.1. The predicted molar refractivity (Wildman–Crippen MR) is 85.4 cm³/mol. The molecule has 2 heterocycles. The van der Waals surface area contributed by atoms with Crippen molar-refractivity contribution in [3.8, 4) is 0 Å². The second-order valence-corrected chi connectivity index (χ2v) is 5.47. The number of aromatic nitrogens is 3. The summed E-state index contributed by atoms with van der Waals surface area (Å²) in [4.78, 5) is 27.3. The topological polar surface area (TPSA) is 79.8 Å². The lowest BCUT2D eigenvalue weighted by atomic mass is 10.2. The molecule has 0 saturated carbocycles. The lowest BCUT2D eigenvalue weighted by Crippen LogP contribution is -2.17. The number of fused-ring (bicyclic) bond motifs is 1. The minimum absolute atomic E-state index is 0.0750. The number of H-pyrrole nitrogens is 1. The van der Waals surface area contributed by atoms with Crippen LogP contribution in [0.3, 0.4) is 0 Å². The van der Waals surface area contributed by atoms with Crippen LogP contribution in [0.1, 0.15) is 16.2 Å². The highest BCUT2D eigenvalue weighted by atomic mass is 35.5. The molecule has 0 saturated heterocycles. The maximum Gasteiger partial charge on any atom is 0.272 e. The van der Waals surface area contributed by atoms with Crippen LogP contribution >= 0.6 is 11.6 Å². The van der Waals surface area contributed by atoms with E-state index in [2.05, 4.69) is 15.4 Å². The van der Waals surface area contributed by atoms with Crippen molar-refractivity contribution < 1.29 is 9.18 Å². The summed E-state index contributed by atoms with van der Waals surface area (Å²) in [7, 11) is 1.67. The summed E-state index contributed by atoms with van der Waals surface area (Å²) >= 11 is 5.67. The van der Waals surface area contributed by atoms with E-state index in [1.165, 1.54) is 22.9 Å². The van der Waals surface area contributed by atoms with E-state index < -0.39 is 11.7 Å². The van der Waals surface area contributed by atoms with Gasteiger partial charge in [-0.2, -0.15) is 5.10 Å². The van der Waals surface area contributed by atoms with Gasteiger partial charge in [0.2, 0.25) is 0 Å². The van der Waals surface area contributed by atoms with E-state index in [0.29, 0.717) is 22.4 Å². The van der Waals surface area contributed by atoms with Crippen molar-refractivity contribution in [2.75, 3.05) is 5.32 Å². The number of pyridine rings is 1. The molecule has 8 heteroatoms. The van der Waals surface area contributed by atoms with E-state index in [9.17, 15) is 14.0 Å². The number of hydrogen-bond acceptors (Lipinski definition) is 3. The van der Waals surface area contributed by atoms with Gasteiger partial charge in [-0.15, -0.1) is 0 Å². The van der Waals surface area contributed by atoms with Gasteiger partial charge in [0.1, 0.15) is 17.2 Å². The van der Waals surface area contributed by atoms with E-state index in [1.807, 2.05) is 0 Å². The van der Waals surface area contributed by atoms with Crippen LogP contribution in [-0.2, 0) is 7.05 Å². The highest BCUT2D eigenvalue weighted by Gasteiger charge is 2.15. The number of aryl methyl sites for hydroxylation is 2. The van der Waals surface area contributed by atoms with Crippen LogP contribution in [-0.4, -0.2) is 20.7 Å². The van der Waals surface area contributed by atoms with Gasteiger partial charge in [-0.3, -0.25) is 14.3 Å². The van der Waals surface area contributed by atoms with Gasteiger partial charge in [-0.1, -0.05) is 11.6 Å². The number of hydrogen-bond donors (Lipinski definition) is 2. The van der Waals surface area contributed by atoms with Crippen molar-refractivity contribution in [1.29, 1.82) is 0 Å². The molecule has 3 aromatic rings. The molecule has 0 aliphatic heterocycles. The molecule has 0 aliphatic rings. The third-order valence-electron chi connectivity index (χ3n) is 3.42. The van der Waals surface area contributed by atoms with Gasteiger partial charge in [0, 0.05) is 18.8 Å². The first-order valence-corrected chi connectivity index (χ1v) is 7.07. The summed E-state index contributed by atoms with van der Waals surface area (Å²) in [5.74, 6) is -1.12. The molecule has 0 atom stereocenters. The minimum atomic E-state index is -0.579. The molecule has 2 aromatic heterocycles. The highest BCUT2D eigenvalue weighted by Crippen LogP contribution is 2.20. The second-order valence-electron chi connectivity index (χ2n) is 5.06. The van der Waals surface area contributed by atoms with E-state index >= 15 is 0 Å². The number of nitrogens with one attached hydrogen (secondary N) is 2. The van der Waals surface area contributed by atoms with Gasteiger partial charge < -0.3 is 10.3 Å². The van der Waals surface area contributed by atoms with E-state index in [4.69, 9.17) is 11.6 Å². The number of anilines is 1. The van der Waals surface area contributed by atoms with Gasteiger partial charge in [0.05, 0.1) is 16.1 Å². The van der Waals surface area contributed by atoms with Crippen LogP contribution in [0.5, 0.6) is 0 Å². The zero-order chi connectivity index (χ0) is 16.7. The fourth-order valence-corrected chi connectivity index (χ4v) is 2.54. The number of amides is 1. The van der Waals surface area contributed by atoms with Gasteiger partial charge in [-0.25, -0.2) is 4.39 Å². The summed E-state index contributed by atoms with van der Waals surface area (Å²) in [6.07, 6.45) is 0. The van der Waals surface area contributed by atoms with Crippen molar-refractivity contribution in [1.82, 2.24) is 14.8 Å². The SMILES string of the molecule is Cc1nn(C)c2[nH]c(C(=O)Nc3ccc(F)c(Cl)c3)cc(=O)c12. The Hall–Kier alpha value is -2.67. The molecule has 1 aromatic carbocycles. The number of halogens is 2. The number of nitrogens with zero attached hydrogens (tertiary/aromatic N) is 2. The third kappa shape index (κ3) is 2.70. The van der Waals surface area contributed by atoms with Gasteiger partial charge in [-0.05, 0) is 25.1 Å². The average molecular weight is 335 g/mol. The zero-order valence-electron chi connectivity index (χ0n) is 12.3. The first-order valence-electron chi connectivity index (χ1n) is 6.70. The van der Waals surface area contributed by atoms with E-state index in [1.54, 1.807) is 14.0 Å². The fourth-order valence-electron chi connectivity index (χ4n) is 2.36. The Balaban J connectivity index is 1.99. The molecule has 0 spiro atoms. The summed E-state index contributed by atoms with van der Waals surface area (Å²) < 4.78 is 14.6. The molecule has 6 nitrogen and oxygen atoms in total. The highest BCUT2D eigenvalue weighted by molar-refractivity contribution is 6.31. The normalized spacial score (nSPS) is 11.0. The molecule has 2 N–H and O–H groups in total. The molecular formula is C15H12ClFN4O2. The molecule has 0 aliphatic carbocycles. The Morgan fingerprint density at radius 1 is 1.39 bits per heavy atom. The van der Waals surface area contributed by atoms with Crippen molar-refractivity contribution in [3.63, 3.8) is 0 Å². The molecule has 0 radical (unpaired) electrons. The number of rotatable bonds is 2. The van der Waals surface area contributed by atoms with Gasteiger partial charge >= 0.3 is 0 Å². The van der Waals surface area contributed by atoms with Crippen molar-refractivity contribution >= 4 is 34.2 Å². The summed E-state index contributed by atoms with van der Waals surface area (Å²) in [5.41, 5.74) is 1.14. The van der Waals surface area contributed by atoms with E-state index in [0.717, 1.165) is 6.07 Å². The molecule has 3 rings (SSSR count). The summed E-state index contributed by atoms with van der Waals surface area (Å²) in [6, 6.07) is 5.02. The fraction of sp³-hybridized carbons (Fsp3) is 0.133. The van der Waals surface area contributed by atoms with Crippen molar-refractivity contribution in [2.45, 2.75) is 6.92 Å². The first kappa shape index (κ1) is 15.2. The second kappa shape index (κ2) is 5.51. The third-order valence-corrected chi connectivity index (χ3v) is 3.71. The zero-order valence-corrected chi connectivity index (χ0v) is 13.0. The Morgan fingerprint density at radius 2 is 2.13 bits per heavy atom. The number of carbonyl (C=O) groups excluding carboxylic acids is 1. The predicted octanol–water partition coefficient (Wildman–Crippen LogP) is 2.61. The van der Waals surface area contributed by atoms with Gasteiger partial charge in [0.15, 0.2) is 5.43 Å². The Bertz CT molecular complexity index is 993. The molecular weight excluding hydrogens is 323 g/mol. The molecule has 0 fully saturated rings. The Kier molecular flexibility index (Phi) is 3.65. The molecule has 0 bridgehead atoms. The first-order chi connectivity index (χ1) is 10.9. The summed E-state index contributed by atoms with van der Waals surface area (Å²) in [5, 5.41) is 7.04. The Labute approximate surface area is 134 Å². The monoisotopic (exact) mass is 334 g/mol. The van der Waals surface area contributed by atoms with Crippen molar-refractivity contribution in [2.24, 2.45) is 7.05 Å². The van der Waals surface area contributed by atoms with Crippen LogP contribution in [0.15, 0.2) is 29.1 Å². The molecule has 118 valence electrons. The van der Waals surface area contributed by atoms with E-state index in [-0.39, 0.29) is 16.1 Å². The lowest BCUT2D eigenvalue weighted by molar-refractivity contribution is 0.102. The smallest absolute Gasteiger partial charge is 0.272 e. The van der Waals surface area contributed by atoms with Crippen molar-refractivity contribution in [3.05, 3.63) is 56.7 Å². The largest absolute Gasteiger partial charge is 0.335 e. The molecule has 0 unspecified atom stereocenters. The summed E-state index contributed by atoms with van der Waals surface area (Å²) in [6.45, 7) is 1.72. The lowest BCUT2D eigenvalue weighted by Gasteiger charge is -2.06. The van der Waals surface area contributed by atoms with Crippen LogP contribution in [0.4, 0.5) is 10.1 Å². The van der Waals surface area contributed by atoms with Crippen LogP contribution in [0.25, 0.3) is 11.0 Å². The molecule has 23 heavy (non-hydrogen) atoms. The maximum atomic E-state index is 13.1.